The lowest BCUT2D eigenvalue weighted by molar-refractivity contribution is -0.187. The number of imidazole rings is 1. The molecule has 2 atom stereocenters. The fraction of sp³-hybridized carbons (Fsp3) is 0.350. The molecule has 0 bridgehead atoms. The van der Waals surface area contributed by atoms with Crippen LogP contribution in [0.1, 0.15) is 30.0 Å². The van der Waals surface area contributed by atoms with Gasteiger partial charge in [-0.15, -0.1) is 0 Å². The molecule has 1 saturated heterocycles. The van der Waals surface area contributed by atoms with Gasteiger partial charge in [0, 0.05) is 24.9 Å². The maximum Gasteiger partial charge on any atom is 0.410 e. The lowest BCUT2D eigenvalue weighted by Gasteiger charge is -2.39. The molecule has 1 aromatic carbocycles. The predicted octanol–water partition coefficient (Wildman–Crippen LogP) is 4.18. The Balaban J connectivity index is 1.55. The Morgan fingerprint density at radius 3 is 2.76 bits per heavy atom. The number of carbonyl (C=O) groups excluding carboxylic acids is 1. The van der Waals surface area contributed by atoms with Crippen LogP contribution in [0.3, 0.4) is 0 Å². The van der Waals surface area contributed by atoms with Crippen molar-refractivity contribution in [3.05, 3.63) is 66.5 Å². The van der Waals surface area contributed by atoms with Gasteiger partial charge in [-0.3, -0.25) is 9.88 Å². The van der Waals surface area contributed by atoms with E-state index < -0.39 is 18.3 Å². The number of ether oxygens (including phenoxy) is 1. The predicted molar refractivity (Wildman–Crippen MR) is 98.1 cm³/mol. The highest BCUT2D eigenvalue weighted by molar-refractivity contribution is 5.69. The second-order valence-electron chi connectivity index (χ2n) is 7.02. The number of rotatable bonds is 3. The maximum atomic E-state index is 13.6. The van der Waals surface area contributed by atoms with Crippen LogP contribution in [-0.4, -0.2) is 44.1 Å². The summed E-state index contributed by atoms with van der Waals surface area (Å²) in [5.74, 6) is -0.327. The molecule has 0 saturated carbocycles. The van der Waals surface area contributed by atoms with Gasteiger partial charge in [0.05, 0.1) is 23.7 Å². The minimum absolute atomic E-state index is 0.0806. The number of alkyl halides is 3. The van der Waals surface area contributed by atoms with Crippen LogP contribution >= 0.6 is 0 Å². The molecule has 0 spiro atoms. The lowest BCUT2D eigenvalue weighted by atomic mass is 9.90. The zero-order chi connectivity index (χ0) is 20.4. The molecular weight excluding hydrogens is 385 g/mol. The van der Waals surface area contributed by atoms with Crippen LogP contribution in [0.15, 0.2) is 55.2 Å². The third-order valence-electron chi connectivity index (χ3n) is 5.16. The first-order valence-corrected chi connectivity index (χ1v) is 9.24. The van der Waals surface area contributed by atoms with Crippen LogP contribution in [0, 0.1) is 0 Å². The van der Waals surface area contributed by atoms with Crippen molar-refractivity contribution < 1.29 is 22.7 Å². The van der Waals surface area contributed by atoms with E-state index in [0.717, 1.165) is 10.4 Å². The Hall–Kier alpha value is -3.10. The minimum Gasteiger partial charge on any atom is -0.445 e. The molecule has 6 nitrogen and oxygen atoms in total. The second-order valence-corrected chi connectivity index (χ2v) is 7.02. The van der Waals surface area contributed by atoms with Crippen molar-refractivity contribution in [2.45, 2.75) is 37.6 Å². The quantitative estimate of drug-likeness (QED) is 0.657. The van der Waals surface area contributed by atoms with Gasteiger partial charge >= 0.3 is 12.3 Å². The van der Waals surface area contributed by atoms with E-state index >= 15 is 0 Å². The monoisotopic (exact) mass is 404 g/mol. The first-order chi connectivity index (χ1) is 13.9. The molecule has 3 heterocycles. The van der Waals surface area contributed by atoms with Gasteiger partial charge in [0.25, 0.3) is 0 Å². The van der Waals surface area contributed by atoms with Crippen molar-refractivity contribution in [2.24, 2.45) is 0 Å². The van der Waals surface area contributed by atoms with Crippen LogP contribution in [0.2, 0.25) is 0 Å². The van der Waals surface area contributed by atoms with Crippen LogP contribution < -0.4 is 0 Å². The molecule has 4 rings (SSSR count). The van der Waals surface area contributed by atoms with E-state index in [1.807, 2.05) is 6.07 Å². The SMILES string of the molecule is O=C(OCc1ccccc1)N1CC(c2ncn3ccncc23)CCC1C(F)(F)F. The van der Waals surface area contributed by atoms with E-state index in [0.29, 0.717) is 11.3 Å². The number of piperidine rings is 1. The number of carbonyl (C=O) groups is 1. The molecule has 29 heavy (non-hydrogen) atoms. The van der Waals surface area contributed by atoms with Gasteiger partial charge in [-0.2, -0.15) is 13.2 Å². The number of benzene rings is 1. The average Bonchev–Trinajstić information content (AvgIpc) is 3.16. The number of nitrogens with zero attached hydrogens (tertiary/aromatic N) is 4. The minimum atomic E-state index is -4.52. The summed E-state index contributed by atoms with van der Waals surface area (Å²) < 4.78 is 47.6. The molecule has 0 radical (unpaired) electrons. The van der Waals surface area contributed by atoms with Gasteiger partial charge in [0.15, 0.2) is 0 Å². The Labute approximate surface area is 164 Å². The highest BCUT2D eigenvalue weighted by Gasteiger charge is 2.49. The Bertz CT molecular complexity index is 990. The van der Waals surface area contributed by atoms with E-state index in [1.165, 1.54) is 0 Å². The van der Waals surface area contributed by atoms with Crippen molar-refractivity contribution in [2.75, 3.05) is 6.54 Å². The summed E-state index contributed by atoms with van der Waals surface area (Å²) in [6.45, 7) is -0.192. The molecule has 1 amide bonds. The molecule has 1 aliphatic heterocycles. The van der Waals surface area contributed by atoms with Crippen molar-refractivity contribution >= 4 is 11.6 Å². The van der Waals surface area contributed by atoms with Gasteiger partial charge in [-0.25, -0.2) is 9.78 Å². The smallest absolute Gasteiger partial charge is 0.410 e. The molecule has 0 N–H and O–H groups in total. The number of likely N-dealkylation sites (tertiary alicyclic amines) is 1. The highest BCUT2D eigenvalue weighted by Crippen LogP contribution is 2.38. The summed E-state index contributed by atoms with van der Waals surface area (Å²) in [6, 6.07) is 6.99. The van der Waals surface area contributed by atoms with E-state index in [9.17, 15) is 18.0 Å². The fourth-order valence-corrected chi connectivity index (χ4v) is 3.71. The summed E-state index contributed by atoms with van der Waals surface area (Å²) in [4.78, 5) is 21.8. The molecule has 0 aliphatic carbocycles. The summed E-state index contributed by atoms with van der Waals surface area (Å²) >= 11 is 0. The zero-order valence-electron chi connectivity index (χ0n) is 15.4. The molecule has 2 aromatic heterocycles. The van der Waals surface area contributed by atoms with E-state index in [1.54, 1.807) is 53.6 Å². The first-order valence-electron chi connectivity index (χ1n) is 9.24. The summed E-state index contributed by atoms with van der Waals surface area (Å²) in [5, 5.41) is 0. The van der Waals surface area contributed by atoms with Gasteiger partial charge in [-0.1, -0.05) is 30.3 Å². The third kappa shape index (κ3) is 4.03. The van der Waals surface area contributed by atoms with Crippen molar-refractivity contribution in [1.82, 2.24) is 19.3 Å². The summed E-state index contributed by atoms with van der Waals surface area (Å²) in [6.07, 6.45) is 1.13. The van der Waals surface area contributed by atoms with Crippen LogP contribution in [0.5, 0.6) is 0 Å². The molecule has 152 valence electrons. The van der Waals surface area contributed by atoms with Crippen molar-refractivity contribution in [1.29, 1.82) is 0 Å². The number of halogens is 3. The van der Waals surface area contributed by atoms with Gasteiger partial charge in [0.1, 0.15) is 12.6 Å². The molecule has 1 fully saturated rings. The third-order valence-corrected chi connectivity index (χ3v) is 5.16. The van der Waals surface area contributed by atoms with Crippen LogP contribution in [0.4, 0.5) is 18.0 Å². The second kappa shape index (κ2) is 7.73. The first kappa shape index (κ1) is 19.2. The topological polar surface area (TPSA) is 59.7 Å². The van der Waals surface area contributed by atoms with E-state index in [2.05, 4.69) is 9.97 Å². The van der Waals surface area contributed by atoms with Crippen LogP contribution in [-0.2, 0) is 11.3 Å². The van der Waals surface area contributed by atoms with Gasteiger partial charge < -0.3 is 9.14 Å². The fourth-order valence-electron chi connectivity index (χ4n) is 3.71. The maximum absolute atomic E-state index is 13.6. The largest absolute Gasteiger partial charge is 0.445 e. The Morgan fingerprint density at radius 2 is 2.00 bits per heavy atom. The number of aromatic nitrogens is 3. The molecule has 9 heteroatoms. The number of hydrogen-bond acceptors (Lipinski definition) is 4. The Morgan fingerprint density at radius 1 is 1.21 bits per heavy atom. The zero-order valence-corrected chi connectivity index (χ0v) is 15.4. The molecule has 3 aromatic rings. The summed E-state index contributed by atoms with van der Waals surface area (Å²) in [7, 11) is 0. The van der Waals surface area contributed by atoms with Crippen molar-refractivity contribution in [3.63, 3.8) is 0 Å². The van der Waals surface area contributed by atoms with E-state index in [4.69, 9.17) is 4.74 Å². The van der Waals surface area contributed by atoms with E-state index in [-0.39, 0.29) is 31.9 Å². The van der Waals surface area contributed by atoms with Crippen LogP contribution in [0.25, 0.3) is 5.52 Å². The Kier molecular flexibility index (Phi) is 5.12. The number of amides is 1. The normalized spacial score (nSPS) is 20.0. The number of hydrogen-bond donors (Lipinski definition) is 0. The number of fused-ring (bicyclic) bond motifs is 1. The summed E-state index contributed by atoms with van der Waals surface area (Å²) in [5.41, 5.74) is 2.07. The van der Waals surface area contributed by atoms with Gasteiger partial charge in [0.2, 0.25) is 0 Å². The highest BCUT2D eigenvalue weighted by atomic mass is 19.4. The van der Waals surface area contributed by atoms with Gasteiger partial charge in [-0.05, 0) is 18.4 Å². The average molecular weight is 404 g/mol. The molecule has 1 aliphatic rings. The lowest BCUT2D eigenvalue weighted by Crippen LogP contribution is -2.53. The standard InChI is InChI=1S/C20H19F3N4O2/c21-20(22,23)17-7-6-15(18-16-10-24-8-9-26(16)13-25-18)11-27(17)19(28)29-12-14-4-2-1-3-5-14/h1-5,8-10,13,15,17H,6-7,11-12H2. The van der Waals surface area contributed by atoms with Crippen molar-refractivity contribution in [3.8, 4) is 0 Å². The molecule has 2 unspecified atom stereocenters. The molecular formula is C20H19F3N4O2.